The number of carbonyl (C=O) groups excluding carboxylic acids is 2. The van der Waals surface area contributed by atoms with Crippen molar-refractivity contribution in [2.45, 2.75) is 33.0 Å². The lowest BCUT2D eigenvalue weighted by atomic mass is 10.1. The number of H-pyrrole nitrogens is 1. The Kier molecular flexibility index (Phi) is 4.94. The number of amides is 1. The minimum Gasteiger partial charge on any atom is -0.465 e. The van der Waals surface area contributed by atoms with E-state index in [0.29, 0.717) is 12.1 Å². The van der Waals surface area contributed by atoms with Crippen molar-refractivity contribution in [1.82, 2.24) is 10.3 Å². The van der Waals surface area contributed by atoms with Gasteiger partial charge in [0.2, 0.25) is 5.91 Å². The summed E-state index contributed by atoms with van der Waals surface area (Å²) in [6, 6.07) is 5.58. The van der Waals surface area contributed by atoms with Crippen molar-refractivity contribution in [3.63, 3.8) is 0 Å². The van der Waals surface area contributed by atoms with E-state index in [1.54, 1.807) is 6.07 Å². The van der Waals surface area contributed by atoms with Gasteiger partial charge in [-0.1, -0.05) is 19.6 Å². The van der Waals surface area contributed by atoms with Gasteiger partial charge in [0.25, 0.3) is 0 Å². The number of methoxy groups -OCH3 is 1. The predicted molar refractivity (Wildman–Crippen MR) is 95.0 cm³/mol. The van der Waals surface area contributed by atoms with Crippen LogP contribution in [0.15, 0.2) is 18.2 Å². The van der Waals surface area contributed by atoms with Gasteiger partial charge < -0.3 is 15.0 Å². The minimum atomic E-state index is -1.58. The average molecular weight is 332 g/mol. The van der Waals surface area contributed by atoms with Crippen molar-refractivity contribution >= 4 is 36.2 Å². The molecule has 1 aromatic heterocycles. The maximum Gasteiger partial charge on any atom is 0.337 e. The lowest BCUT2D eigenvalue weighted by Gasteiger charge is -2.17. The second kappa shape index (κ2) is 6.58. The van der Waals surface area contributed by atoms with Crippen LogP contribution in [0, 0.1) is 0 Å². The number of aromatic amines is 1. The summed E-state index contributed by atoms with van der Waals surface area (Å²) in [4.78, 5) is 26.4. The van der Waals surface area contributed by atoms with Gasteiger partial charge in [0.15, 0.2) is 0 Å². The van der Waals surface area contributed by atoms with Crippen LogP contribution in [0.2, 0.25) is 19.6 Å². The van der Waals surface area contributed by atoms with E-state index >= 15 is 0 Å². The predicted octanol–water partition coefficient (Wildman–Crippen LogP) is 2.18. The van der Waals surface area contributed by atoms with Crippen molar-refractivity contribution in [3.8, 4) is 0 Å². The molecular weight excluding hydrogens is 308 g/mol. The molecule has 23 heavy (non-hydrogen) atoms. The molecule has 6 heteroatoms. The first kappa shape index (κ1) is 17.3. The highest BCUT2D eigenvalue weighted by atomic mass is 28.3. The molecule has 0 bridgehead atoms. The van der Waals surface area contributed by atoms with Gasteiger partial charge in [0.05, 0.1) is 20.7 Å². The number of fused-ring (bicyclic) bond motifs is 1. The van der Waals surface area contributed by atoms with E-state index < -0.39 is 8.07 Å². The highest BCUT2D eigenvalue weighted by Crippen LogP contribution is 2.22. The molecule has 0 atom stereocenters. The van der Waals surface area contributed by atoms with E-state index in [9.17, 15) is 9.59 Å². The number of hydrogen-bond donors (Lipinski definition) is 2. The monoisotopic (exact) mass is 332 g/mol. The van der Waals surface area contributed by atoms with Crippen molar-refractivity contribution < 1.29 is 14.3 Å². The SMILES string of the molecule is COC(=O)c1ccc2[nH]c([Si](C)(C)C)c(CCNC(C)=O)c2c1. The summed E-state index contributed by atoms with van der Waals surface area (Å²) < 4.78 is 4.81. The van der Waals surface area contributed by atoms with Gasteiger partial charge in [0.1, 0.15) is 0 Å². The van der Waals surface area contributed by atoms with Gasteiger partial charge >= 0.3 is 5.97 Å². The van der Waals surface area contributed by atoms with E-state index in [4.69, 9.17) is 4.74 Å². The summed E-state index contributed by atoms with van der Waals surface area (Å²) in [5.74, 6) is -0.370. The number of ether oxygens (including phenoxy) is 1. The number of rotatable bonds is 5. The number of esters is 1. The number of nitrogens with one attached hydrogen (secondary N) is 2. The van der Waals surface area contributed by atoms with Gasteiger partial charge in [-0.15, -0.1) is 0 Å². The van der Waals surface area contributed by atoms with Crippen LogP contribution in [0.3, 0.4) is 0 Å². The number of carbonyl (C=O) groups is 2. The molecule has 5 nitrogen and oxygen atoms in total. The number of hydrogen-bond acceptors (Lipinski definition) is 3. The van der Waals surface area contributed by atoms with Crippen LogP contribution in [0.5, 0.6) is 0 Å². The topological polar surface area (TPSA) is 71.2 Å². The highest BCUT2D eigenvalue weighted by Gasteiger charge is 2.24. The Morgan fingerprint density at radius 1 is 1.26 bits per heavy atom. The van der Waals surface area contributed by atoms with Crippen LogP contribution in [0.25, 0.3) is 10.9 Å². The zero-order chi connectivity index (χ0) is 17.2. The Hall–Kier alpha value is -2.08. The maximum absolute atomic E-state index is 11.8. The molecule has 0 saturated carbocycles. The van der Waals surface area contributed by atoms with Crippen molar-refractivity contribution in [3.05, 3.63) is 29.3 Å². The quantitative estimate of drug-likeness (QED) is 0.651. The molecule has 2 aromatic rings. The second-order valence-electron chi connectivity index (χ2n) is 6.71. The molecule has 1 aromatic carbocycles. The molecule has 124 valence electrons. The summed E-state index contributed by atoms with van der Waals surface area (Å²) in [6.07, 6.45) is 0.740. The Labute approximate surface area is 137 Å². The first-order valence-electron chi connectivity index (χ1n) is 7.72. The summed E-state index contributed by atoms with van der Waals surface area (Å²) in [6.45, 7) is 8.94. The maximum atomic E-state index is 11.8. The lowest BCUT2D eigenvalue weighted by Crippen LogP contribution is -2.41. The van der Waals surface area contributed by atoms with E-state index in [1.807, 2.05) is 12.1 Å². The summed E-state index contributed by atoms with van der Waals surface area (Å²) in [5, 5.41) is 5.15. The largest absolute Gasteiger partial charge is 0.465 e. The first-order valence-corrected chi connectivity index (χ1v) is 11.2. The van der Waals surface area contributed by atoms with E-state index in [2.05, 4.69) is 29.9 Å². The Morgan fingerprint density at radius 2 is 1.96 bits per heavy atom. The molecule has 2 rings (SSSR count). The second-order valence-corrected chi connectivity index (χ2v) is 11.7. The third kappa shape index (κ3) is 3.82. The van der Waals surface area contributed by atoms with Crippen LogP contribution < -0.4 is 10.6 Å². The Balaban J connectivity index is 2.52. The summed E-state index contributed by atoms with van der Waals surface area (Å²) in [7, 11) is -0.192. The average Bonchev–Trinajstić information content (AvgIpc) is 2.84. The molecule has 0 radical (unpaired) electrons. The standard InChI is InChI=1S/C17H24N2O3Si/c1-11(20)18-9-8-13-14-10-12(17(21)22-2)6-7-15(14)19-16(13)23(3,4)5/h6-7,10,19H,8-9H2,1-5H3,(H,18,20). The van der Waals surface area contributed by atoms with Crippen molar-refractivity contribution in [1.29, 1.82) is 0 Å². The first-order chi connectivity index (χ1) is 10.7. The zero-order valence-corrected chi connectivity index (χ0v) is 15.4. The van der Waals surface area contributed by atoms with Gasteiger partial charge in [0, 0.05) is 29.7 Å². The Morgan fingerprint density at radius 3 is 2.52 bits per heavy atom. The molecular formula is C17H24N2O3Si. The summed E-state index contributed by atoms with van der Waals surface area (Å²) in [5.41, 5.74) is 2.76. The van der Waals surface area contributed by atoms with Crippen molar-refractivity contribution in [2.75, 3.05) is 13.7 Å². The van der Waals surface area contributed by atoms with E-state index in [0.717, 1.165) is 17.3 Å². The normalized spacial score (nSPS) is 11.5. The third-order valence-electron chi connectivity index (χ3n) is 3.83. The highest BCUT2D eigenvalue weighted by molar-refractivity contribution is 6.88. The molecule has 0 aliphatic carbocycles. The fourth-order valence-electron chi connectivity index (χ4n) is 2.76. The fourth-order valence-corrected chi connectivity index (χ4v) is 4.43. The molecule has 0 aliphatic heterocycles. The van der Waals surface area contributed by atoms with E-state index in [-0.39, 0.29) is 11.9 Å². The molecule has 2 N–H and O–H groups in total. The van der Waals surface area contributed by atoms with Crippen LogP contribution >= 0.6 is 0 Å². The van der Waals surface area contributed by atoms with Crippen LogP contribution in [-0.2, 0) is 16.0 Å². The lowest BCUT2D eigenvalue weighted by molar-refractivity contribution is -0.118. The third-order valence-corrected chi connectivity index (χ3v) is 5.75. The van der Waals surface area contributed by atoms with Crippen LogP contribution in [-0.4, -0.2) is 38.6 Å². The van der Waals surface area contributed by atoms with Gasteiger partial charge in [-0.05, 0) is 30.2 Å². The molecule has 0 aliphatic rings. The fraction of sp³-hybridized carbons (Fsp3) is 0.412. The molecule has 0 fully saturated rings. The molecule has 1 heterocycles. The van der Waals surface area contributed by atoms with Gasteiger partial charge in [-0.25, -0.2) is 4.79 Å². The molecule has 1 amide bonds. The van der Waals surface area contributed by atoms with Crippen molar-refractivity contribution in [2.24, 2.45) is 0 Å². The number of aromatic nitrogens is 1. The van der Waals surface area contributed by atoms with E-state index in [1.165, 1.54) is 24.9 Å². The zero-order valence-electron chi connectivity index (χ0n) is 14.4. The van der Waals surface area contributed by atoms with Gasteiger partial charge in [-0.3, -0.25) is 4.79 Å². The van der Waals surface area contributed by atoms with Gasteiger partial charge in [-0.2, -0.15) is 0 Å². The molecule has 0 unspecified atom stereocenters. The smallest absolute Gasteiger partial charge is 0.337 e. The van der Waals surface area contributed by atoms with Crippen LogP contribution in [0.1, 0.15) is 22.8 Å². The molecule has 0 spiro atoms. The van der Waals surface area contributed by atoms with Crippen LogP contribution in [0.4, 0.5) is 0 Å². The minimum absolute atomic E-state index is 0.0327. The molecule has 0 saturated heterocycles. The summed E-state index contributed by atoms with van der Waals surface area (Å²) >= 11 is 0. The number of benzene rings is 1. The Bertz CT molecular complexity index is 744.